The molecule has 2 amide bonds. The molecule has 14 nitrogen and oxygen atoms in total. The van der Waals surface area contributed by atoms with E-state index in [0.717, 1.165) is 37.9 Å². The fourth-order valence-electron chi connectivity index (χ4n) is 8.42. The van der Waals surface area contributed by atoms with Crippen LogP contribution in [0.25, 0.3) is 11.1 Å². The Labute approximate surface area is 433 Å². The third-order valence-corrected chi connectivity index (χ3v) is 16.2. The summed E-state index contributed by atoms with van der Waals surface area (Å²) in [4.78, 5) is 47.5. The zero-order chi connectivity index (χ0) is 51.5. The number of aryl methyl sites for hydroxylation is 1. The van der Waals surface area contributed by atoms with Crippen molar-refractivity contribution in [1.29, 1.82) is 5.26 Å². The van der Waals surface area contributed by atoms with Gasteiger partial charge in [0.1, 0.15) is 31.0 Å². The molecule has 0 bridgehead atoms. The van der Waals surface area contributed by atoms with E-state index in [0.29, 0.717) is 67.4 Å². The Balaban J connectivity index is 1.07. The predicted molar refractivity (Wildman–Crippen MR) is 276 cm³/mol. The first kappa shape index (κ1) is 51.9. The van der Waals surface area contributed by atoms with Crippen LogP contribution < -0.4 is 24.4 Å². The second kappa shape index (κ2) is 21.7. The van der Waals surface area contributed by atoms with E-state index in [9.17, 15) is 19.6 Å². The number of carbonyl (C=O) groups excluding carboxylic acids is 3. The van der Waals surface area contributed by atoms with E-state index in [2.05, 4.69) is 37.1 Å². The highest BCUT2D eigenvalue weighted by atomic mass is 35.5. The molecule has 2 aliphatic rings. The van der Waals surface area contributed by atoms with Gasteiger partial charge in [0.15, 0.2) is 27.8 Å². The number of halogens is 2. The maximum atomic E-state index is 15.1. The van der Waals surface area contributed by atoms with Gasteiger partial charge in [-0.25, -0.2) is 18.2 Å². The summed E-state index contributed by atoms with van der Waals surface area (Å²) in [5.74, 6) is -0.276. The molecule has 374 valence electrons. The largest absolute Gasteiger partial charge is 0.489 e. The number of nitrogens with one attached hydrogen (secondary N) is 1. The molecule has 6 aromatic rings. The van der Waals surface area contributed by atoms with Gasteiger partial charge >= 0.3 is 5.97 Å². The number of benzene rings is 5. The lowest BCUT2D eigenvalue weighted by Crippen LogP contribution is -2.56. The van der Waals surface area contributed by atoms with E-state index in [1.54, 1.807) is 43.3 Å². The van der Waals surface area contributed by atoms with Crippen LogP contribution in [0, 0.1) is 23.7 Å². The molecule has 5 aromatic carbocycles. The van der Waals surface area contributed by atoms with Gasteiger partial charge < -0.3 is 24.3 Å². The normalized spacial score (nSPS) is 15.9. The molecule has 8 rings (SSSR count). The summed E-state index contributed by atoms with van der Waals surface area (Å²) in [6, 6.07) is 30.4. The van der Waals surface area contributed by atoms with Gasteiger partial charge in [-0.2, -0.15) is 9.57 Å². The summed E-state index contributed by atoms with van der Waals surface area (Å²) in [5, 5.41) is 12.9. The molecule has 2 aliphatic heterocycles. The van der Waals surface area contributed by atoms with Crippen molar-refractivity contribution in [2.75, 3.05) is 25.2 Å². The van der Waals surface area contributed by atoms with Crippen molar-refractivity contribution in [1.82, 2.24) is 14.6 Å². The van der Waals surface area contributed by atoms with Crippen LogP contribution in [0.4, 0.5) is 5.13 Å². The quantitative estimate of drug-likeness (QED) is 0.0968. The van der Waals surface area contributed by atoms with E-state index in [-0.39, 0.29) is 54.1 Å². The number of sulfonamides is 1. The fourth-order valence-corrected chi connectivity index (χ4v) is 11.7. The Morgan fingerprint density at radius 2 is 1.60 bits per heavy atom. The molecule has 72 heavy (non-hydrogen) atoms. The van der Waals surface area contributed by atoms with Crippen LogP contribution in [-0.2, 0) is 55.1 Å². The van der Waals surface area contributed by atoms with E-state index in [1.807, 2.05) is 66.7 Å². The SMILES string of the molecule is COC(=O)C(Cc1ccc(-c2ccc(C#N)cc2)cc1)NC(=O)[C@@H]1Cc2cc3c(cc2CN1S(=O)(=O)c1nc(N(CCC(C)(C)C)C(C)=O)sc1C)O[C@@H](c1ccc(OCc2ccc(Cl)c(Cl)c2)cc1)CO3. The zero-order valence-corrected chi connectivity index (χ0v) is 43.7. The summed E-state index contributed by atoms with van der Waals surface area (Å²) in [6.07, 6.45) is 0.0837. The molecule has 1 unspecified atom stereocenters. The van der Waals surface area contributed by atoms with Crippen LogP contribution in [0.1, 0.15) is 78.5 Å². The molecule has 0 saturated carbocycles. The maximum absolute atomic E-state index is 15.1. The minimum absolute atomic E-state index is 0.0421. The molecule has 3 heterocycles. The molecule has 0 fully saturated rings. The second-order valence-corrected chi connectivity index (χ2v) is 22.7. The van der Waals surface area contributed by atoms with Crippen LogP contribution in [0.2, 0.25) is 10.0 Å². The van der Waals surface area contributed by atoms with Gasteiger partial charge in [0.25, 0.3) is 10.0 Å². The second-order valence-electron chi connectivity index (χ2n) is 18.9. The number of aromatic nitrogens is 1. The first-order valence-electron chi connectivity index (χ1n) is 23.2. The predicted octanol–water partition coefficient (Wildman–Crippen LogP) is 10.2. The van der Waals surface area contributed by atoms with Gasteiger partial charge in [-0.05, 0) is 113 Å². The number of amides is 2. The zero-order valence-electron chi connectivity index (χ0n) is 40.5. The Kier molecular flexibility index (Phi) is 15.6. The summed E-state index contributed by atoms with van der Waals surface area (Å²) >= 11 is 13.3. The molecule has 0 radical (unpaired) electrons. The Morgan fingerprint density at radius 1 is 0.931 bits per heavy atom. The van der Waals surface area contributed by atoms with Crippen molar-refractivity contribution >= 4 is 67.5 Å². The minimum atomic E-state index is -4.57. The highest BCUT2D eigenvalue weighted by molar-refractivity contribution is 7.89. The molecule has 0 saturated heterocycles. The Bertz CT molecular complexity index is 3150. The van der Waals surface area contributed by atoms with Crippen molar-refractivity contribution in [2.24, 2.45) is 5.41 Å². The van der Waals surface area contributed by atoms with Crippen molar-refractivity contribution in [3.05, 3.63) is 151 Å². The number of thiazole rings is 1. The lowest BCUT2D eigenvalue weighted by molar-refractivity contribution is -0.145. The monoisotopic (exact) mass is 1050 g/mol. The number of carbonyl (C=O) groups is 3. The van der Waals surface area contributed by atoms with Crippen molar-refractivity contribution in [3.63, 3.8) is 0 Å². The highest BCUT2D eigenvalue weighted by Gasteiger charge is 2.44. The van der Waals surface area contributed by atoms with Crippen LogP contribution >= 0.6 is 34.5 Å². The molecule has 0 spiro atoms. The third-order valence-electron chi connectivity index (χ3n) is 12.5. The number of esters is 1. The number of fused-ring (bicyclic) bond motifs is 2. The smallest absolute Gasteiger partial charge is 0.328 e. The minimum Gasteiger partial charge on any atom is -0.489 e. The van der Waals surface area contributed by atoms with Crippen molar-refractivity contribution in [3.8, 4) is 34.4 Å². The summed E-state index contributed by atoms with van der Waals surface area (Å²) < 4.78 is 55.3. The van der Waals surface area contributed by atoms with Crippen LogP contribution in [0.5, 0.6) is 17.2 Å². The van der Waals surface area contributed by atoms with E-state index in [1.165, 1.54) is 18.9 Å². The fraction of sp³-hybridized carbons (Fsp3) is 0.315. The van der Waals surface area contributed by atoms with Gasteiger partial charge in [-0.3, -0.25) is 14.5 Å². The topological polar surface area (TPSA) is 177 Å². The van der Waals surface area contributed by atoms with Gasteiger partial charge in [0.2, 0.25) is 11.8 Å². The van der Waals surface area contributed by atoms with Crippen molar-refractivity contribution in [2.45, 2.75) is 90.2 Å². The van der Waals surface area contributed by atoms with Crippen LogP contribution in [0.3, 0.4) is 0 Å². The van der Waals surface area contributed by atoms with Gasteiger partial charge in [-0.1, -0.05) is 98.6 Å². The summed E-state index contributed by atoms with van der Waals surface area (Å²) in [5.41, 5.74) is 5.82. The lowest BCUT2D eigenvalue weighted by atomic mass is 9.92. The molecule has 3 atom stereocenters. The summed E-state index contributed by atoms with van der Waals surface area (Å²) in [7, 11) is -3.35. The number of hydrogen-bond donors (Lipinski definition) is 1. The molecular weight excluding hydrogens is 998 g/mol. The molecule has 1 aromatic heterocycles. The summed E-state index contributed by atoms with van der Waals surface area (Å²) in [6.45, 7) is 9.73. The van der Waals surface area contributed by atoms with E-state index >= 15 is 8.42 Å². The average molecular weight is 1050 g/mol. The van der Waals surface area contributed by atoms with Crippen molar-refractivity contribution < 1.29 is 41.7 Å². The average Bonchev–Trinajstić information content (AvgIpc) is 3.76. The van der Waals surface area contributed by atoms with Crippen LogP contribution in [0.15, 0.2) is 108 Å². The van der Waals surface area contributed by atoms with E-state index < -0.39 is 40.1 Å². The number of hydrogen-bond acceptors (Lipinski definition) is 12. The first-order valence-corrected chi connectivity index (χ1v) is 26.2. The lowest BCUT2D eigenvalue weighted by Gasteiger charge is -2.36. The number of rotatable bonds is 15. The Morgan fingerprint density at radius 3 is 2.24 bits per heavy atom. The van der Waals surface area contributed by atoms with E-state index in [4.69, 9.17) is 42.1 Å². The molecule has 0 aliphatic carbocycles. The molecular formula is C54H53Cl2N5O9S2. The third kappa shape index (κ3) is 11.9. The standard InChI is InChI=1S/C54H53Cl2N5O9S2/c1-32-51(59-53(71-32)60(33(2)62)22-21-54(3,4)5)72(65,66)61-29-41-27-48-47(69-31-49(70-48)39-16-18-42(19-17-39)68-30-36-11-20-43(55)44(56)23-36)26-40(41)25-46(61)50(63)58-45(52(64)67-6)24-34-7-12-37(13-8-34)38-14-9-35(28-57)10-15-38/h7-20,23,26-27,45-46,49H,21-22,24-25,29-31H2,1-6H3,(H,58,63)/t45?,46-,49+/m0/s1. The Hall–Kier alpha value is -6.48. The van der Waals surface area contributed by atoms with Gasteiger partial charge in [0.05, 0.1) is 28.8 Å². The highest BCUT2D eigenvalue weighted by Crippen LogP contribution is 2.43. The van der Waals surface area contributed by atoms with Crippen LogP contribution in [-0.4, -0.2) is 67.8 Å². The number of ether oxygens (including phenoxy) is 4. The van der Waals surface area contributed by atoms with Gasteiger partial charge in [-0.15, -0.1) is 11.3 Å². The molecule has 18 heteroatoms. The number of nitriles is 1. The van der Waals surface area contributed by atoms with Gasteiger partial charge in [0, 0.05) is 31.3 Å². The molecule has 1 N–H and O–H groups in total. The first-order chi connectivity index (χ1) is 34.3. The number of methoxy groups -OCH3 is 1. The number of anilines is 1. The maximum Gasteiger partial charge on any atom is 0.328 e. The number of nitrogens with zero attached hydrogens (tertiary/aromatic N) is 4.